The van der Waals surface area contributed by atoms with Gasteiger partial charge in [-0.15, -0.1) is 0 Å². The molecule has 0 heterocycles. The fourth-order valence-electron chi connectivity index (χ4n) is 0.611. The Hall–Kier alpha value is 0.0900. The van der Waals surface area contributed by atoms with Crippen molar-refractivity contribution in [3.8, 4) is 6.07 Å². The van der Waals surface area contributed by atoms with Crippen LogP contribution in [-0.4, -0.2) is 23.2 Å². The van der Waals surface area contributed by atoms with Crippen molar-refractivity contribution in [2.45, 2.75) is 19.0 Å². The van der Waals surface area contributed by atoms with Gasteiger partial charge >= 0.3 is 13.1 Å². The van der Waals surface area contributed by atoms with Crippen LogP contribution in [0.4, 0.5) is 0 Å². The van der Waals surface area contributed by atoms with Gasteiger partial charge in [-0.3, -0.25) is 0 Å². The molecule has 0 saturated heterocycles. The van der Waals surface area contributed by atoms with Crippen LogP contribution in [0.2, 0.25) is 0 Å². The SMILES string of the molecule is CCO[P+](O)(OCC)C(Cl)C#N. The Kier molecular flexibility index (Phi) is 5.73. The van der Waals surface area contributed by atoms with Gasteiger partial charge in [-0.05, 0) is 13.8 Å². The summed E-state index contributed by atoms with van der Waals surface area (Å²) in [5, 5.41) is 7.34. The van der Waals surface area contributed by atoms with Crippen LogP contribution in [0.3, 0.4) is 0 Å². The summed E-state index contributed by atoms with van der Waals surface area (Å²) in [6.07, 6.45) is 0. The lowest BCUT2D eigenvalue weighted by atomic mass is 10.9. The molecular formula is C6H12ClNO3P+. The molecule has 0 aromatic carbocycles. The lowest BCUT2D eigenvalue weighted by Gasteiger charge is -2.15. The molecule has 0 saturated carbocycles. The Morgan fingerprint density at radius 3 is 2.17 bits per heavy atom. The maximum atomic E-state index is 9.59. The highest BCUT2D eigenvalue weighted by atomic mass is 35.5. The average Bonchev–Trinajstić information content (AvgIpc) is 2.04. The first-order chi connectivity index (χ1) is 5.60. The van der Waals surface area contributed by atoms with Gasteiger partial charge in [0.1, 0.15) is 6.07 Å². The van der Waals surface area contributed by atoms with Crippen molar-refractivity contribution in [1.82, 2.24) is 0 Å². The third kappa shape index (κ3) is 3.22. The van der Waals surface area contributed by atoms with Crippen molar-refractivity contribution in [1.29, 1.82) is 5.26 Å². The second-order valence-electron chi connectivity index (χ2n) is 1.86. The van der Waals surface area contributed by atoms with Crippen LogP contribution in [0, 0.1) is 11.3 Å². The fraction of sp³-hybridized carbons (Fsp3) is 0.833. The van der Waals surface area contributed by atoms with E-state index in [9.17, 15) is 4.89 Å². The quantitative estimate of drug-likeness (QED) is 0.559. The summed E-state index contributed by atoms with van der Waals surface area (Å²) in [6.45, 7) is 3.94. The van der Waals surface area contributed by atoms with Gasteiger partial charge in [0, 0.05) is 0 Å². The van der Waals surface area contributed by atoms with Gasteiger partial charge in [0.05, 0.1) is 13.2 Å². The van der Waals surface area contributed by atoms with Gasteiger partial charge < -0.3 is 0 Å². The minimum absolute atomic E-state index is 0.273. The number of hydrogen-bond acceptors (Lipinski definition) is 4. The monoisotopic (exact) mass is 212 g/mol. The van der Waals surface area contributed by atoms with E-state index in [4.69, 9.17) is 25.9 Å². The first-order valence-corrected chi connectivity index (χ1v) is 5.63. The van der Waals surface area contributed by atoms with Crippen LogP contribution in [0.25, 0.3) is 0 Å². The summed E-state index contributed by atoms with van der Waals surface area (Å²) in [5.41, 5.74) is 0. The minimum Gasteiger partial charge on any atom is -0.192 e. The maximum absolute atomic E-state index is 9.59. The maximum Gasteiger partial charge on any atom is 0.443 e. The highest BCUT2D eigenvalue weighted by molar-refractivity contribution is 7.63. The number of nitriles is 1. The first kappa shape index (κ1) is 12.1. The molecule has 0 rings (SSSR count). The van der Waals surface area contributed by atoms with Crippen molar-refractivity contribution in [2.24, 2.45) is 0 Å². The summed E-state index contributed by atoms with van der Waals surface area (Å²) >= 11 is 5.52. The third-order valence-corrected chi connectivity index (χ3v) is 3.80. The van der Waals surface area contributed by atoms with E-state index in [2.05, 4.69) is 0 Å². The van der Waals surface area contributed by atoms with Gasteiger partial charge in [0.2, 0.25) is 0 Å². The molecule has 0 bridgehead atoms. The lowest BCUT2D eigenvalue weighted by molar-refractivity contribution is 0.190. The molecule has 6 heteroatoms. The van der Waals surface area contributed by atoms with E-state index in [1.807, 2.05) is 0 Å². The zero-order valence-electron chi connectivity index (χ0n) is 7.03. The van der Waals surface area contributed by atoms with Crippen molar-refractivity contribution in [2.75, 3.05) is 13.2 Å². The van der Waals surface area contributed by atoms with Gasteiger partial charge in [-0.1, -0.05) is 11.6 Å². The Morgan fingerprint density at radius 1 is 1.50 bits per heavy atom. The van der Waals surface area contributed by atoms with Gasteiger partial charge in [-0.2, -0.15) is 19.2 Å². The van der Waals surface area contributed by atoms with E-state index >= 15 is 0 Å². The molecule has 1 unspecified atom stereocenters. The first-order valence-electron chi connectivity index (χ1n) is 3.55. The predicted molar refractivity (Wildman–Crippen MR) is 47.6 cm³/mol. The zero-order chi connectivity index (χ0) is 9.61. The van der Waals surface area contributed by atoms with E-state index in [1.165, 1.54) is 0 Å². The molecule has 0 aliphatic rings. The van der Waals surface area contributed by atoms with Crippen LogP contribution in [0.15, 0.2) is 0 Å². The highest BCUT2D eigenvalue weighted by Gasteiger charge is 2.49. The van der Waals surface area contributed by atoms with Crippen LogP contribution in [0.1, 0.15) is 13.8 Å². The number of alkyl halides is 1. The molecule has 0 amide bonds. The smallest absolute Gasteiger partial charge is 0.192 e. The summed E-state index contributed by atoms with van der Waals surface area (Å²) in [4.78, 5) is 9.59. The summed E-state index contributed by atoms with van der Waals surface area (Å²) < 4.78 is 9.83. The van der Waals surface area contributed by atoms with Crippen LogP contribution < -0.4 is 0 Å². The standard InChI is InChI=1S/C6H12ClNO3P/c1-3-10-12(9,11-4-2)6(7)5-8/h6,9H,3-4H2,1-2H3/q+1. The Balaban J connectivity index is 4.28. The van der Waals surface area contributed by atoms with E-state index < -0.39 is 13.1 Å². The number of hydrogen-bond donors (Lipinski definition) is 1. The molecule has 0 aliphatic heterocycles. The number of rotatable bonds is 5. The number of halogens is 1. The van der Waals surface area contributed by atoms with Crippen LogP contribution >= 0.6 is 19.5 Å². The second-order valence-corrected chi connectivity index (χ2v) is 4.77. The topological polar surface area (TPSA) is 62.5 Å². The third-order valence-electron chi connectivity index (χ3n) is 1.02. The molecule has 12 heavy (non-hydrogen) atoms. The largest absolute Gasteiger partial charge is 0.443 e. The van der Waals surface area contributed by atoms with E-state index in [0.717, 1.165) is 0 Å². The summed E-state index contributed by atoms with van der Waals surface area (Å²) in [5.74, 6) is 0. The van der Waals surface area contributed by atoms with E-state index in [-0.39, 0.29) is 13.2 Å². The zero-order valence-corrected chi connectivity index (χ0v) is 8.68. The Morgan fingerprint density at radius 2 is 1.92 bits per heavy atom. The molecule has 4 nitrogen and oxygen atoms in total. The van der Waals surface area contributed by atoms with Gasteiger partial charge in [-0.25, -0.2) is 0 Å². The van der Waals surface area contributed by atoms with Crippen molar-refractivity contribution in [3.63, 3.8) is 0 Å². The van der Waals surface area contributed by atoms with Gasteiger partial charge in [0.15, 0.2) is 0 Å². The predicted octanol–water partition coefficient (Wildman–Crippen LogP) is 1.90. The number of nitrogens with zero attached hydrogens (tertiary/aromatic N) is 1. The fourth-order valence-corrected chi connectivity index (χ4v) is 2.17. The molecule has 0 aliphatic carbocycles. The van der Waals surface area contributed by atoms with Crippen LogP contribution in [0.5, 0.6) is 0 Å². The molecule has 70 valence electrons. The minimum atomic E-state index is -3.16. The normalized spacial score (nSPS) is 13.9. The Bertz CT molecular complexity index is 167. The molecule has 0 aromatic heterocycles. The molecular weight excluding hydrogens is 200 g/mol. The van der Waals surface area contributed by atoms with Crippen LogP contribution in [-0.2, 0) is 9.05 Å². The molecule has 0 aromatic rings. The average molecular weight is 213 g/mol. The van der Waals surface area contributed by atoms with E-state index in [1.54, 1.807) is 19.9 Å². The van der Waals surface area contributed by atoms with E-state index in [0.29, 0.717) is 0 Å². The Labute approximate surface area is 77.6 Å². The molecule has 0 spiro atoms. The lowest BCUT2D eigenvalue weighted by Crippen LogP contribution is -2.11. The molecule has 1 N–H and O–H groups in total. The molecule has 1 atom stereocenters. The highest BCUT2D eigenvalue weighted by Crippen LogP contribution is 2.62. The molecule has 0 fully saturated rings. The van der Waals surface area contributed by atoms with Gasteiger partial charge in [0.25, 0.3) is 0 Å². The van der Waals surface area contributed by atoms with Crippen molar-refractivity contribution >= 4 is 19.5 Å². The molecule has 0 radical (unpaired) electrons. The van der Waals surface area contributed by atoms with Crippen molar-refractivity contribution in [3.05, 3.63) is 0 Å². The second kappa shape index (κ2) is 5.69. The van der Waals surface area contributed by atoms with Crippen molar-refractivity contribution < 1.29 is 13.9 Å². The summed E-state index contributed by atoms with van der Waals surface area (Å²) in [6, 6.07) is 1.69. The summed E-state index contributed by atoms with van der Waals surface area (Å²) in [7, 11) is -3.16.